The summed E-state index contributed by atoms with van der Waals surface area (Å²) in [5.41, 5.74) is 2.51. The molecule has 2 amide bonds. The number of carbonyl (C=O) groups is 1. The van der Waals surface area contributed by atoms with Crippen molar-refractivity contribution in [3.8, 4) is 0 Å². The predicted molar refractivity (Wildman–Crippen MR) is 86.3 cm³/mol. The van der Waals surface area contributed by atoms with E-state index in [1.54, 1.807) is 0 Å². The van der Waals surface area contributed by atoms with Gasteiger partial charge in [0.1, 0.15) is 0 Å². The van der Waals surface area contributed by atoms with Gasteiger partial charge in [-0.25, -0.2) is 4.79 Å². The summed E-state index contributed by atoms with van der Waals surface area (Å²) in [6, 6.07) is 8.23. The van der Waals surface area contributed by atoms with E-state index >= 15 is 0 Å². The summed E-state index contributed by atoms with van der Waals surface area (Å²) in [5.74, 6) is 0. The normalized spacial score (nSPS) is 12.8. The van der Waals surface area contributed by atoms with E-state index in [-0.39, 0.29) is 24.1 Å². The summed E-state index contributed by atoms with van der Waals surface area (Å²) in [5, 5.41) is 14.5. The van der Waals surface area contributed by atoms with E-state index in [4.69, 9.17) is 5.11 Å². The third-order valence-electron chi connectivity index (χ3n) is 3.45. The lowest BCUT2D eigenvalue weighted by Gasteiger charge is -2.19. The highest BCUT2D eigenvalue weighted by Crippen LogP contribution is 2.22. The first-order valence-electron chi connectivity index (χ1n) is 7.57. The van der Waals surface area contributed by atoms with Gasteiger partial charge in [0.25, 0.3) is 0 Å². The minimum Gasteiger partial charge on any atom is -0.396 e. The fourth-order valence-electron chi connectivity index (χ4n) is 2.05. The van der Waals surface area contributed by atoms with Crippen LogP contribution < -0.4 is 10.6 Å². The molecular weight excluding hydrogens is 264 g/mol. The molecule has 118 valence electrons. The Kier molecular flexibility index (Phi) is 6.69. The molecule has 0 aliphatic rings. The van der Waals surface area contributed by atoms with Gasteiger partial charge in [-0.05, 0) is 36.3 Å². The molecule has 0 fully saturated rings. The molecule has 0 bridgehead atoms. The molecule has 21 heavy (non-hydrogen) atoms. The van der Waals surface area contributed by atoms with Crippen molar-refractivity contribution in [2.75, 3.05) is 6.61 Å². The van der Waals surface area contributed by atoms with Crippen molar-refractivity contribution >= 4 is 6.03 Å². The van der Waals surface area contributed by atoms with E-state index in [0.717, 1.165) is 12.0 Å². The number of nitrogens with one attached hydrogen (secondary N) is 2. The topological polar surface area (TPSA) is 61.4 Å². The van der Waals surface area contributed by atoms with Crippen LogP contribution in [0.15, 0.2) is 24.3 Å². The van der Waals surface area contributed by atoms with Gasteiger partial charge in [-0.3, -0.25) is 0 Å². The molecule has 0 spiro atoms. The first kappa shape index (κ1) is 17.5. The zero-order valence-electron chi connectivity index (χ0n) is 13.6. The van der Waals surface area contributed by atoms with E-state index in [9.17, 15) is 4.79 Å². The number of hydrogen-bond acceptors (Lipinski definition) is 2. The third-order valence-corrected chi connectivity index (χ3v) is 3.45. The predicted octanol–water partition coefficient (Wildman–Crippen LogP) is 2.94. The maximum absolute atomic E-state index is 11.7. The molecule has 1 aromatic carbocycles. The highest BCUT2D eigenvalue weighted by Gasteiger charge is 2.13. The minimum atomic E-state index is -0.166. The molecule has 0 saturated heterocycles. The second kappa shape index (κ2) is 8.03. The Labute approximate surface area is 128 Å². The Morgan fingerprint density at radius 1 is 1.24 bits per heavy atom. The Balaban J connectivity index is 2.39. The van der Waals surface area contributed by atoms with Crippen molar-refractivity contribution < 1.29 is 9.90 Å². The number of rotatable bonds is 6. The average Bonchev–Trinajstić information content (AvgIpc) is 2.42. The van der Waals surface area contributed by atoms with Gasteiger partial charge in [-0.1, -0.05) is 45.0 Å². The monoisotopic (exact) mass is 292 g/mol. The van der Waals surface area contributed by atoms with Crippen LogP contribution in [0.4, 0.5) is 4.79 Å². The summed E-state index contributed by atoms with van der Waals surface area (Å²) in [6.07, 6.45) is 1.49. The van der Waals surface area contributed by atoms with Crippen LogP contribution in [0.2, 0.25) is 0 Å². The molecule has 0 aromatic heterocycles. The Morgan fingerprint density at radius 3 is 2.38 bits per heavy atom. The second-order valence-electron chi connectivity index (χ2n) is 6.54. The first-order valence-corrected chi connectivity index (χ1v) is 7.57. The quantitative estimate of drug-likeness (QED) is 0.755. The molecular formula is C17H28N2O2. The van der Waals surface area contributed by atoms with Crippen molar-refractivity contribution in [3.05, 3.63) is 35.4 Å². The van der Waals surface area contributed by atoms with Gasteiger partial charge in [0.15, 0.2) is 0 Å². The van der Waals surface area contributed by atoms with E-state index in [1.807, 2.05) is 6.92 Å². The number of hydrogen-bond donors (Lipinski definition) is 3. The molecule has 1 atom stereocenters. The molecule has 4 heteroatoms. The van der Waals surface area contributed by atoms with Crippen molar-refractivity contribution in [2.24, 2.45) is 0 Å². The van der Waals surface area contributed by atoms with Gasteiger partial charge in [-0.2, -0.15) is 0 Å². The van der Waals surface area contributed by atoms with Gasteiger partial charge in [0.2, 0.25) is 0 Å². The van der Waals surface area contributed by atoms with Gasteiger partial charge >= 0.3 is 6.03 Å². The number of amides is 2. The fraction of sp³-hybridized carbons (Fsp3) is 0.588. The van der Waals surface area contributed by atoms with Crippen LogP contribution in [0.25, 0.3) is 0 Å². The van der Waals surface area contributed by atoms with Crippen LogP contribution in [0.3, 0.4) is 0 Å². The lowest BCUT2D eigenvalue weighted by molar-refractivity contribution is 0.234. The average molecular weight is 292 g/mol. The molecule has 0 saturated carbocycles. The smallest absolute Gasteiger partial charge is 0.315 e. The zero-order valence-corrected chi connectivity index (χ0v) is 13.6. The highest BCUT2D eigenvalue weighted by molar-refractivity contribution is 5.74. The number of carbonyl (C=O) groups excluding carboxylic acids is 1. The molecule has 1 unspecified atom stereocenters. The lowest BCUT2D eigenvalue weighted by Crippen LogP contribution is -2.40. The molecule has 3 N–H and O–H groups in total. The van der Waals surface area contributed by atoms with Crippen LogP contribution in [-0.4, -0.2) is 23.8 Å². The van der Waals surface area contributed by atoms with E-state index in [2.05, 4.69) is 55.7 Å². The molecule has 0 radical (unpaired) electrons. The van der Waals surface area contributed by atoms with Gasteiger partial charge < -0.3 is 15.7 Å². The maximum Gasteiger partial charge on any atom is 0.315 e. The Hall–Kier alpha value is -1.55. The van der Waals surface area contributed by atoms with E-state index in [1.165, 1.54) is 5.56 Å². The zero-order chi connectivity index (χ0) is 15.9. The van der Waals surface area contributed by atoms with Crippen molar-refractivity contribution in [1.82, 2.24) is 10.6 Å². The van der Waals surface area contributed by atoms with E-state index in [0.29, 0.717) is 13.0 Å². The van der Waals surface area contributed by atoms with Crippen molar-refractivity contribution in [1.29, 1.82) is 0 Å². The van der Waals surface area contributed by atoms with Crippen LogP contribution in [0.1, 0.15) is 51.7 Å². The number of aliphatic hydroxyl groups excluding tert-OH is 1. The summed E-state index contributed by atoms with van der Waals surface area (Å²) in [6.45, 7) is 9.16. The summed E-state index contributed by atoms with van der Waals surface area (Å²) in [4.78, 5) is 11.7. The number of aliphatic hydroxyl groups is 1. The maximum atomic E-state index is 11.7. The van der Waals surface area contributed by atoms with Crippen LogP contribution in [0, 0.1) is 0 Å². The van der Waals surface area contributed by atoms with Crippen LogP contribution >= 0.6 is 0 Å². The van der Waals surface area contributed by atoms with Crippen LogP contribution in [0.5, 0.6) is 0 Å². The summed E-state index contributed by atoms with van der Waals surface area (Å²) < 4.78 is 0. The molecule has 1 aromatic rings. The third kappa shape index (κ3) is 6.63. The van der Waals surface area contributed by atoms with Gasteiger partial charge in [0.05, 0.1) is 0 Å². The second-order valence-corrected chi connectivity index (χ2v) is 6.54. The molecule has 4 nitrogen and oxygen atoms in total. The SMILES string of the molecule is CC(CCCO)NC(=O)NCc1ccc(C(C)(C)C)cc1. The Morgan fingerprint density at radius 2 is 1.86 bits per heavy atom. The summed E-state index contributed by atoms with van der Waals surface area (Å²) in [7, 11) is 0. The van der Waals surface area contributed by atoms with E-state index < -0.39 is 0 Å². The van der Waals surface area contributed by atoms with Gasteiger partial charge in [-0.15, -0.1) is 0 Å². The van der Waals surface area contributed by atoms with Crippen LogP contribution in [-0.2, 0) is 12.0 Å². The summed E-state index contributed by atoms with van der Waals surface area (Å²) >= 11 is 0. The molecule has 0 aliphatic heterocycles. The first-order chi connectivity index (χ1) is 9.82. The Bertz CT molecular complexity index is 435. The standard InChI is InChI=1S/C17H28N2O2/c1-13(6-5-11-20)19-16(21)18-12-14-7-9-15(10-8-14)17(2,3)4/h7-10,13,20H,5-6,11-12H2,1-4H3,(H2,18,19,21). The highest BCUT2D eigenvalue weighted by atomic mass is 16.3. The van der Waals surface area contributed by atoms with Gasteiger partial charge in [0, 0.05) is 19.2 Å². The minimum absolute atomic E-state index is 0.0698. The van der Waals surface area contributed by atoms with Crippen molar-refractivity contribution in [3.63, 3.8) is 0 Å². The molecule has 0 aliphatic carbocycles. The number of urea groups is 1. The molecule has 1 rings (SSSR count). The number of benzene rings is 1. The fourth-order valence-corrected chi connectivity index (χ4v) is 2.05. The van der Waals surface area contributed by atoms with Crippen molar-refractivity contribution in [2.45, 2.75) is 58.5 Å². The largest absolute Gasteiger partial charge is 0.396 e. The lowest BCUT2D eigenvalue weighted by atomic mass is 9.87. The molecule has 0 heterocycles.